The number of carbonyl (C=O) groups is 1. The predicted molar refractivity (Wildman–Crippen MR) is 110 cm³/mol. The van der Waals surface area contributed by atoms with Gasteiger partial charge in [-0.2, -0.15) is 0 Å². The highest BCUT2D eigenvalue weighted by Crippen LogP contribution is 2.23. The van der Waals surface area contributed by atoms with Gasteiger partial charge >= 0.3 is 0 Å². The van der Waals surface area contributed by atoms with E-state index >= 15 is 0 Å². The second-order valence-electron chi connectivity index (χ2n) is 6.08. The van der Waals surface area contributed by atoms with Gasteiger partial charge in [-0.25, -0.2) is 13.4 Å². The Morgan fingerprint density at radius 1 is 1.11 bits per heavy atom. The molecule has 0 aliphatic rings. The minimum absolute atomic E-state index is 0.0659. The number of rotatable bonds is 7. The van der Waals surface area contributed by atoms with E-state index in [0.717, 1.165) is 0 Å². The molecule has 0 saturated heterocycles. The van der Waals surface area contributed by atoms with Crippen LogP contribution < -0.4 is 14.8 Å². The number of nitrogens with one attached hydrogen (secondary N) is 2. The van der Waals surface area contributed by atoms with E-state index in [1.165, 1.54) is 41.8 Å². The number of aromatic nitrogens is 1. The molecule has 0 aliphatic heterocycles. The van der Waals surface area contributed by atoms with Gasteiger partial charge in [0.2, 0.25) is 0 Å². The SMILES string of the molecule is CC(C)Oc1ccccc1C(=O)Nc1ccc(S(=O)(=O)Nc2nccs2)cc1. The lowest BCUT2D eigenvalue weighted by molar-refractivity contribution is 0.102. The van der Waals surface area contributed by atoms with Gasteiger partial charge in [0.1, 0.15) is 5.75 Å². The molecule has 1 heterocycles. The molecule has 2 N–H and O–H groups in total. The standard InChI is InChI=1S/C19H19N3O4S2/c1-13(2)26-17-6-4-3-5-16(17)18(23)21-14-7-9-15(10-8-14)28(24,25)22-19-20-11-12-27-19/h3-13H,1-2H3,(H,20,22)(H,21,23). The molecule has 0 atom stereocenters. The van der Waals surface area contributed by atoms with Crippen molar-refractivity contribution in [3.8, 4) is 5.75 Å². The van der Waals surface area contributed by atoms with Gasteiger partial charge < -0.3 is 10.1 Å². The maximum absolute atomic E-state index is 12.6. The first-order chi connectivity index (χ1) is 13.3. The molecule has 3 rings (SSSR count). The van der Waals surface area contributed by atoms with E-state index in [2.05, 4.69) is 15.0 Å². The van der Waals surface area contributed by atoms with E-state index in [4.69, 9.17) is 4.74 Å². The highest BCUT2D eigenvalue weighted by molar-refractivity contribution is 7.93. The molecule has 0 unspecified atom stereocenters. The van der Waals surface area contributed by atoms with E-state index in [9.17, 15) is 13.2 Å². The quantitative estimate of drug-likeness (QED) is 0.606. The Morgan fingerprint density at radius 3 is 2.46 bits per heavy atom. The molecule has 9 heteroatoms. The van der Waals surface area contributed by atoms with E-state index in [1.54, 1.807) is 29.6 Å². The van der Waals surface area contributed by atoms with Crippen LogP contribution in [0, 0.1) is 0 Å². The van der Waals surface area contributed by atoms with Crippen molar-refractivity contribution in [1.82, 2.24) is 4.98 Å². The summed E-state index contributed by atoms with van der Waals surface area (Å²) < 4.78 is 32.8. The van der Waals surface area contributed by atoms with Crippen molar-refractivity contribution in [2.45, 2.75) is 24.8 Å². The lowest BCUT2D eigenvalue weighted by Gasteiger charge is -2.14. The molecule has 0 aliphatic carbocycles. The first-order valence-electron chi connectivity index (χ1n) is 8.44. The Hall–Kier alpha value is -2.91. The van der Waals surface area contributed by atoms with Crippen molar-refractivity contribution in [2.75, 3.05) is 10.0 Å². The van der Waals surface area contributed by atoms with E-state index in [-0.39, 0.29) is 16.9 Å². The van der Waals surface area contributed by atoms with Crippen molar-refractivity contribution in [3.63, 3.8) is 0 Å². The van der Waals surface area contributed by atoms with Crippen LogP contribution in [0.2, 0.25) is 0 Å². The van der Waals surface area contributed by atoms with Crippen LogP contribution >= 0.6 is 11.3 Å². The minimum atomic E-state index is -3.74. The zero-order valence-electron chi connectivity index (χ0n) is 15.2. The average Bonchev–Trinajstić information content (AvgIpc) is 3.14. The Bertz CT molecular complexity index is 1050. The van der Waals surface area contributed by atoms with Crippen LogP contribution in [-0.4, -0.2) is 25.4 Å². The second kappa shape index (κ2) is 8.41. The largest absolute Gasteiger partial charge is 0.490 e. The molecule has 0 saturated carbocycles. The topological polar surface area (TPSA) is 97.4 Å². The molecule has 28 heavy (non-hydrogen) atoms. The molecular weight excluding hydrogens is 398 g/mol. The number of ether oxygens (including phenoxy) is 1. The summed E-state index contributed by atoms with van der Waals surface area (Å²) in [5.74, 6) is 0.148. The van der Waals surface area contributed by atoms with Crippen LogP contribution in [0.15, 0.2) is 65.0 Å². The van der Waals surface area contributed by atoms with E-state index < -0.39 is 10.0 Å². The van der Waals surface area contributed by atoms with Crippen molar-refractivity contribution < 1.29 is 17.9 Å². The minimum Gasteiger partial charge on any atom is -0.490 e. The molecule has 0 fully saturated rings. The maximum Gasteiger partial charge on any atom is 0.263 e. The number of benzene rings is 2. The fourth-order valence-corrected chi connectivity index (χ4v) is 4.16. The van der Waals surface area contributed by atoms with Crippen LogP contribution in [0.4, 0.5) is 10.8 Å². The van der Waals surface area contributed by atoms with Gasteiger partial charge in [-0.1, -0.05) is 12.1 Å². The zero-order chi connectivity index (χ0) is 20.1. The van der Waals surface area contributed by atoms with Gasteiger partial charge in [0, 0.05) is 17.3 Å². The molecule has 1 amide bonds. The predicted octanol–water partition coefficient (Wildman–Crippen LogP) is 3.98. The number of anilines is 2. The first-order valence-corrected chi connectivity index (χ1v) is 10.8. The monoisotopic (exact) mass is 417 g/mol. The summed E-state index contributed by atoms with van der Waals surface area (Å²) in [4.78, 5) is 16.6. The average molecular weight is 418 g/mol. The van der Waals surface area contributed by atoms with Gasteiger partial charge in [-0.3, -0.25) is 9.52 Å². The van der Waals surface area contributed by atoms with Crippen molar-refractivity contribution in [2.24, 2.45) is 0 Å². The smallest absolute Gasteiger partial charge is 0.263 e. The summed E-state index contributed by atoms with van der Waals surface area (Å²) in [7, 11) is -3.74. The number of hydrogen-bond acceptors (Lipinski definition) is 6. The Labute approximate surface area is 167 Å². The third-order valence-electron chi connectivity index (χ3n) is 3.57. The van der Waals surface area contributed by atoms with Gasteiger partial charge in [0.25, 0.3) is 15.9 Å². The molecule has 0 bridgehead atoms. The van der Waals surface area contributed by atoms with Crippen LogP contribution in [-0.2, 0) is 10.0 Å². The lowest BCUT2D eigenvalue weighted by Crippen LogP contribution is -2.16. The molecule has 1 aromatic heterocycles. The molecule has 7 nitrogen and oxygen atoms in total. The van der Waals surface area contributed by atoms with Gasteiger partial charge in [-0.15, -0.1) is 11.3 Å². The van der Waals surface area contributed by atoms with Crippen LogP contribution in [0.3, 0.4) is 0 Å². The molecular formula is C19H19N3O4S2. The fraction of sp³-hybridized carbons (Fsp3) is 0.158. The van der Waals surface area contributed by atoms with Crippen LogP contribution in [0.1, 0.15) is 24.2 Å². The normalized spacial score (nSPS) is 11.2. The third-order valence-corrected chi connectivity index (χ3v) is 5.74. The molecule has 0 radical (unpaired) electrons. The second-order valence-corrected chi connectivity index (χ2v) is 8.66. The Balaban J connectivity index is 1.73. The van der Waals surface area contributed by atoms with Crippen molar-refractivity contribution in [3.05, 3.63) is 65.7 Å². The van der Waals surface area contributed by atoms with E-state index in [0.29, 0.717) is 22.1 Å². The number of para-hydroxylation sites is 1. The summed E-state index contributed by atoms with van der Waals surface area (Å²) in [6.07, 6.45) is 1.45. The number of hydrogen-bond donors (Lipinski definition) is 2. The highest BCUT2D eigenvalue weighted by Gasteiger charge is 2.17. The van der Waals surface area contributed by atoms with Gasteiger partial charge in [0.05, 0.1) is 16.6 Å². The summed E-state index contributed by atoms with van der Waals surface area (Å²) in [5.41, 5.74) is 0.871. The van der Waals surface area contributed by atoms with Crippen LogP contribution in [0.25, 0.3) is 0 Å². The molecule has 146 valence electrons. The Morgan fingerprint density at radius 2 is 1.82 bits per heavy atom. The summed E-state index contributed by atoms with van der Waals surface area (Å²) in [6.45, 7) is 3.77. The van der Waals surface area contributed by atoms with Crippen LogP contribution in [0.5, 0.6) is 5.75 Å². The fourth-order valence-electron chi connectivity index (χ4n) is 2.37. The number of amides is 1. The number of nitrogens with zero attached hydrogens (tertiary/aromatic N) is 1. The lowest BCUT2D eigenvalue weighted by atomic mass is 10.1. The zero-order valence-corrected chi connectivity index (χ0v) is 16.9. The van der Waals surface area contributed by atoms with Gasteiger partial charge in [0.15, 0.2) is 5.13 Å². The molecule has 2 aromatic carbocycles. The summed E-state index contributed by atoms with van der Waals surface area (Å²) >= 11 is 1.19. The summed E-state index contributed by atoms with van der Waals surface area (Å²) in [5, 5.41) is 4.72. The molecule has 3 aromatic rings. The summed E-state index contributed by atoms with van der Waals surface area (Å²) in [6, 6.07) is 12.8. The first kappa shape index (κ1) is 19.8. The number of carbonyl (C=O) groups excluding carboxylic acids is 1. The number of thiazole rings is 1. The maximum atomic E-state index is 12.6. The van der Waals surface area contributed by atoms with Crippen molar-refractivity contribution >= 4 is 38.1 Å². The number of sulfonamides is 1. The highest BCUT2D eigenvalue weighted by atomic mass is 32.2. The third kappa shape index (κ3) is 4.87. The van der Waals surface area contributed by atoms with Crippen molar-refractivity contribution in [1.29, 1.82) is 0 Å². The molecule has 0 spiro atoms. The van der Waals surface area contributed by atoms with Gasteiger partial charge in [-0.05, 0) is 50.2 Å². The van der Waals surface area contributed by atoms with E-state index in [1.807, 2.05) is 13.8 Å². The Kier molecular flexibility index (Phi) is 5.96.